The fraction of sp³-hybridized carbons (Fsp3) is 0.500. The molecule has 0 saturated carbocycles. The summed E-state index contributed by atoms with van der Waals surface area (Å²) in [7, 11) is 0. The molecule has 0 radical (unpaired) electrons. The first-order chi connectivity index (χ1) is 8.98. The van der Waals surface area contributed by atoms with Crippen molar-refractivity contribution in [2.45, 2.75) is 19.8 Å². The lowest BCUT2D eigenvalue weighted by Crippen LogP contribution is -2.36. The SMILES string of the molecule is CCC1(C(=O)O)CCN(C(=O)c2cncc(Cl)n2)C1. The number of halogens is 1. The van der Waals surface area contributed by atoms with Crippen LogP contribution in [0.15, 0.2) is 12.4 Å². The van der Waals surface area contributed by atoms with Gasteiger partial charge in [-0.2, -0.15) is 0 Å². The molecule has 0 aliphatic carbocycles. The van der Waals surface area contributed by atoms with E-state index in [1.54, 1.807) is 0 Å². The van der Waals surface area contributed by atoms with E-state index in [0.717, 1.165) is 0 Å². The van der Waals surface area contributed by atoms with Crippen molar-refractivity contribution < 1.29 is 14.7 Å². The molecule has 1 aromatic rings. The number of carboxylic acids is 1. The van der Waals surface area contributed by atoms with Crippen molar-refractivity contribution in [1.82, 2.24) is 14.9 Å². The standard InChI is InChI=1S/C12H14ClN3O3/c1-2-12(11(18)19)3-4-16(7-12)10(17)8-5-14-6-9(13)15-8/h5-6H,2-4,7H2,1H3,(H,18,19). The molecule has 1 atom stereocenters. The summed E-state index contributed by atoms with van der Waals surface area (Å²) in [6.45, 7) is 2.43. The summed E-state index contributed by atoms with van der Waals surface area (Å²) in [5.41, 5.74) is -0.702. The van der Waals surface area contributed by atoms with Crippen molar-refractivity contribution in [2.24, 2.45) is 5.41 Å². The fourth-order valence-electron chi connectivity index (χ4n) is 2.27. The highest BCUT2D eigenvalue weighted by Crippen LogP contribution is 2.34. The third kappa shape index (κ3) is 2.53. The highest BCUT2D eigenvalue weighted by molar-refractivity contribution is 6.29. The Balaban J connectivity index is 2.17. The van der Waals surface area contributed by atoms with Crippen molar-refractivity contribution in [2.75, 3.05) is 13.1 Å². The Bertz CT molecular complexity index is 523. The molecule has 1 fully saturated rings. The van der Waals surface area contributed by atoms with E-state index in [9.17, 15) is 14.7 Å². The first-order valence-corrected chi connectivity index (χ1v) is 6.36. The predicted molar refractivity (Wildman–Crippen MR) is 67.9 cm³/mol. The lowest BCUT2D eigenvalue weighted by atomic mass is 9.84. The zero-order valence-corrected chi connectivity index (χ0v) is 11.2. The molecule has 19 heavy (non-hydrogen) atoms. The number of carbonyl (C=O) groups excluding carboxylic acids is 1. The minimum Gasteiger partial charge on any atom is -0.481 e. The van der Waals surface area contributed by atoms with Crippen molar-refractivity contribution >= 4 is 23.5 Å². The smallest absolute Gasteiger partial charge is 0.311 e. The van der Waals surface area contributed by atoms with Gasteiger partial charge in [-0.1, -0.05) is 18.5 Å². The first-order valence-electron chi connectivity index (χ1n) is 5.99. The molecule has 0 aromatic carbocycles. The molecule has 1 unspecified atom stereocenters. The molecule has 6 nitrogen and oxygen atoms in total. The van der Waals surface area contributed by atoms with Gasteiger partial charge in [-0.15, -0.1) is 0 Å². The van der Waals surface area contributed by atoms with Crippen molar-refractivity contribution in [3.63, 3.8) is 0 Å². The van der Waals surface area contributed by atoms with Crippen molar-refractivity contribution in [3.8, 4) is 0 Å². The summed E-state index contributed by atoms with van der Waals surface area (Å²) in [5.74, 6) is -1.19. The molecule has 1 N–H and O–H groups in total. The van der Waals surface area contributed by atoms with Crippen LogP contribution in [0.2, 0.25) is 5.15 Å². The maximum absolute atomic E-state index is 12.2. The van der Waals surface area contributed by atoms with Gasteiger partial charge in [-0.3, -0.25) is 14.6 Å². The van der Waals surface area contributed by atoms with Crippen LogP contribution < -0.4 is 0 Å². The molecule has 2 rings (SSSR count). The number of amides is 1. The highest BCUT2D eigenvalue weighted by atomic mass is 35.5. The Labute approximate surface area is 115 Å². The summed E-state index contributed by atoms with van der Waals surface area (Å²) < 4.78 is 0. The first kappa shape index (κ1) is 13.7. The van der Waals surface area contributed by atoms with E-state index in [2.05, 4.69) is 9.97 Å². The normalized spacial score (nSPS) is 22.5. The molecule has 1 amide bonds. The molecule has 0 bridgehead atoms. The number of nitrogens with zero attached hydrogens (tertiary/aromatic N) is 3. The molecule has 1 aliphatic rings. The third-order valence-corrected chi connectivity index (χ3v) is 3.78. The van der Waals surface area contributed by atoms with Crippen molar-refractivity contribution in [1.29, 1.82) is 0 Å². The van der Waals surface area contributed by atoms with Crippen LogP contribution in [0.4, 0.5) is 0 Å². The molecule has 0 spiro atoms. The summed E-state index contributed by atoms with van der Waals surface area (Å²) in [4.78, 5) is 32.7. The maximum atomic E-state index is 12.2. The number of rotatable bonds is 3. The monoisotopic (exact) mass is 283 g/mol. The quantitative estimate of drug-likeness (QED) is 0.908. The van der Waals surface area contributed by atoms with E-state index in [-0.39, 0.29) is 23.3 Å². The lowest BCUT2D eigenvalue weighted by molar-refractivity contribution is -0.148. The van der Waals surface area contributed by atoms with E-state index >= 15 is 0 Å². The van der Waals surface area contributed by atoms with E-state index in [4.69, 9.17) is 11.6 Å². The Kier molecular flexibility index (Phi) is 3.71. The van der Waals surface area contributed by atoms with Crippen LogP contribution in [0.1, 0.15) is 30.3 Å². The summed E-state index contributed by atoms with van der Waals surface area (Å²) in [5, 5.41) is 9.43. The third-order valence-electron chi connectivity index (χ3n) is 3.60. The van der Waals surface area contributed by atoms with Gasteiger partial charge < -0.3 is 10.0 Å². The fourth-order valence-corrected chi connectivity index (χ4v) is 2.41. The summed E-state index contributed by atoms with van der Waals surface area (Å²) >= 11 is 5.69. The number of carboxylic acid groups (broad SMARTS) is 1. The summed E-state index contributed by atoms with van der Waals surface area (Å²) in [6, 6.07) is 0. The molecule has 2 heterocycles. The highest BCUT2D eigenvalue weighted by Gasteiger charge is 2.45. The van der Waals surface area contributed by atoms with Gasteiger partial charge in [0.15, 0.2) is 0 Å². The zero-order chi connectivity index (χ0) is 14.0. The number of hydrogen-bond acceptors (Lipinski definition) is 4. The van der Waals surface area contributed by atoms with Crippen molar-refractivity contribution in [3.05, 3.63) is 23.2 Å². The number of carbonyl (C=O) groups is 2. The van der Waals surface area contributed by atoms with Gasteiger partial charge in [0.2, 0.25) is 0 Å². The predicted octanol–water partition coefficient (Wildman–Crippen LogP) is 1.46. The molecule has 7 heteroatoms. The van der Waals surface area contributed by atoms with Gasteiger partial charge in [-0.25, -0.2) is 4.98 Å². The van der Waals surface area contributed by atoms with E-state index < -0.39 is 11.4 Å². The van der Waals surface area contributed by atoms with Gasteiger partial charge in [-0.05, 0) is 12.8 Å². The Hall–Kier alpha value is -1.69. The molecular formula is C12H14ClN3O3. The van der Waals surface area contributed by atoms with Gasteiger partial charge in [0.25, 0.3) is 5.91 Å². The Morgan fingerprint density at radius 1 is 1.53 bits per heavy atom. The summed E-state index contributed by atoms with van der Waals surface area (Å²) in [6.07, 6.45) is 3.63. The van der Waals surface area contributed by atoms with Crippen LogP contribution in [0.3, 0.4) is 0 Å². The topological polar surface area (TPSA) is 83.4 Å². The molecule has 1 saturated heterocycles. The average molecular weight is 284 g/mol. The Morgan fingerprint density at radius 3 is 2.79 bits per heavy atom. The maximum Gasteiger partial charge on any atom is 0.311 e. The Morgan fingerprint density at radius 2 is 2.26 bits per heavy atom. The van der Waals surface area contributed by atoms with Crippen LogP contribution in [-0.4, -0.2) is 44.9 Å². The molecule has 1 aliphatic heterocycles. The van der Waals surface area contributed by atoms with Crippen LogP contribution in [-0.2, 0) is 4.79 Å². The number of aromatic nitrogens is 2. The second kappa shape index (κ2) is 5.13. The van der Waals surface area contributed by atoms with Gasteiger partial charge in [0.05, 0.1) is 17.8 Å². The average Bonchev–Trinajstić information content (AvgIpc) is 2.83. The van der Waals surface area contributed by atoms with Gasteiger partial charge >= 0.3 is 5.97 Å². The van der Waals surface area contributed by atoms with Crippen LogP contribution >= 0.6 is 11.6 Å². The van der Waals surface area contributed by atoms with Gasteiger partial charge in [0, 0.05) is 13.1 Å². The lowest BCUT2D eigenvalue weighted by Gasteiger charge is -2.22. The van der Waals surface area contributed by atoms with E-state index in [0.29, 0.717) is 19.4 Å². The molecule has 102 valence electrons. The largest absolute Gasteiger partial charge is 0.481 e. The molecule has 1 aromatic heterocycles. The number of hydrogen-bond donors (Lipinski definition) is 1. The number of likely N-dealkylation sites (tertiary alicyclic amines) is 1. The second-order valence-electron chi connectivity index (χ2n) is 4.64. The van der Waals surface area contributed by atoms with Crippen LogP contribution in [0, 0.1) is 5.41 Å². The minimum atomic E-state index is -0.859. The van der Waals surface area contributed by atoms with E-state index in [1.807, 2.05) is 6.92 Å². The van der Waals surface area contributed by atoms with Gasteiger partial charge in [0.1, 0.15) is 10.8 Å². The van der Waals surface area contributed by atoms with E-state index in [1.165, 1.54) is 17.3 Å². The van der Waals surface area contributed by atoms with Crippen LogP contribution in [0.5, 0.6) is 0 Å². The number of aliphatic carboxylic acids is 1. The molecular weight excluding hydrogens is 270 g/mol. The minimum absolute atomic E-state index is 0.143. The zero-order valence-electron chi connectivity index (χ0n) is 10.5. The van der Waals surface area contributed by atoms with Crippen LogP contribution in [0.25, 0.3) is 0 Å². The second-order valence-corrected chi connectivity index (χ2v) is 5.03.